The number of nitrogens with zero attached hydrogens (tertiary/aromatic N) is 1. The average Bonchev–Trinajstić information content (AvgIpc) is 2.94. The maximum absolute atomic E-state index is 13.9. The lowest BCUT2D eigenvalue weighted by Crippen LogP contribution is -2.42. The van der Waals surface area contributed by atoms with Crippen LogP contribution in [0.15, 0.2) is 36.4 Å². The van der Waals surface area contributed by atoms with Gasteiger partial charge in [0.05, 0.1) is 24.0 Å². The number of piperidine rings is 1. The van der Waals surface area contributed by atoms with Crippen LogP contribution in [0.3, 0.4) is 0 Å². The lowest BCUT2D eigenvalue weighted by atomic mass is 9.89. The van der Waals surface area contributed by atoms with Crippen LogP contribution in [0.4, 0.5) is 30.2 Å². The molecule has 2 heterocycles. The van der Waals surface area contributed by atoms with Crippen LogP contribution in [0.2, 0.25) is 0 Å². The molecule has 0 spiro atoms. The standard InChI is InChI=1S/C20H22F3N3O/c1-26-17-7-8-24-11-14(17)13-9-12(10-15(19(13)26)20(21,22)23)25-16-5-3-4-6-18(16)27-2/h3-6,9-10,14,17,24-25H,7-8,11H2,1-2H3/t14-,17-/m0/s1. The molecule has 7 heteroatoms. The van der Waals surface area contributed by atoms with E-state index in [-0.39, 0.29) is 12.0 Å². The number of likely N-dealkylation sites (N-methyl/N-ethyl adjacent to an activating group) is 1. The summed E-state index contributed by atoms with van der Waals surface area (Å²) < 4.78 is 46.9. The van der Waals surface area contributed by atoms with Crippen molar-refractivity contribution in [3.05, 3.63) is 47.5 Å². The molecule has 4 nitrogen and oxygen atoms in total. The zero-order chi connectivity index (χ0) is 19.2. The van der Waals surface area contributed by atoms with Gasteiger partial charge in [0.2, 0.25) is 0 Å². The van der Waals surface area contributed by atoms with Crippen LogP contribution in [0, 0.1) is 0 Å². The summed E-state index contributed by atoms with van der Waals surface area (Å²) in [5.41, 5.74) is 1.53. The highest BCUT2D eigenvalue weighted by atomic mass is 19.4. The van der Waals surface area contributed by atoms with Crippen molar-refractivity contribution in [3.63, 3.8) is 0 Å². The predicted molar refractivity (Wildman–Crippen MR) is 100 cm³/mol. The molecule has 144 valence electrons. The molecule has 4 rings (SSSR count). The Morgan fingerprint density at radius 1 is 1.22 bits per heavy atom. The maximum atomic E-state index is 13.9. The monoisotopic (exact) mass is 377 g/mol. The van der Waals surface area contributed by atoms with Crippen LogP contribution in [-0.2, 0) is 6.18 Å². The highest BCUT2D eigenvalue weighted by molar-refractivity contribution is 5.75. The number of hydrogen-bond acceptors (Lipinski definition) is 4. The Bertz CT molecular complexity index is 853. The molecule has 0 aliphatic carbocycles. The molecule has 2 aromatic carbocycles. The Balaban J connectivity index is 1.81. The molecular formula is C20H22F3N3O. The molecule has 0 radical (unpaired) electrons. The van der Waals surface area contributed by atoms with Gasteiger partial charge in [-0.25, -0.2) is 0 Å². The number of alkyl halides is 3. The molecule has 0 saturated carbocycles. The second-order valence-corrected chi connectivity index (χ2v) is 7.06. The quantitative estimate of drug-likeness (QED) is 0.834. The normalized spacial score (nSPS) is 21.6. The van der Waals surface area contributed by atoms with Crippen molar-refractivity contribution in [1.29, 1.82) is 0 Å². The third-order valence-electron chi connectivity index (χ3n) is 5.53. The van der Waals surface area contributed by atoms with E-state index < -0.39 is 11.7 Å². The van der Waals surface area contributed by atoms with Crippen molar-refractivity contribution in [2.75, 3.05) is 37.5 Å². The summed E-state index contributed by atoms with van der Waals surface area (Å²) in [5, 5.41) is 6.43. The van der Waals surface area contributed by atoms with Gasteiger partial charge in [-0.2, -0.15) is 13.2 Å². The van der Waals surface area contributed by atoms with Crippen molar-refractivity contribution in [1.82, 2.24) is 5.32 Å². The summed E-state index contributed by atoms with van der Waals surface area (Å²) in [6.45, 7) is 1.52. The molecule has 2 aliphatic rings. The van der Waals surface area contributed by atoms with E-state index in [9.17, 15) is 13.2 Å². The molecule has 0 bridgehead atoms. The van der Waals surface area contributed by atoms with Gasteiger partial charge in [0.1, 0.15) is 5.75 Å². The molecule has 2 N–H and O–H groups in total. The van der Waals surface area contributed by atoms with Crippen LogP contribution in [-0.4, -0.2) is 33.3 Å². The van der Waals surface area contributed by atoms with Gasteiger partial charge < -0.3 is 20.3 Å². The Labute approximate surface area is 156 Å². The van der Waals surface area contributed by atoms with Gasteiger partial charge in [-0.05, 0) is 42.8 Å². The smallest absolute Gasteiger partial charge is 0.418 e. The molecular weight excluding hydrogens is 355 g/mol. The van der Waals surface area contributed by atoms with E-state index in [4.69, 9.17) is 4.74 Å². The highest BCUT2D eigenvalue weighted by Gasteiger charge is 2.45. The molecule has 0 amide bonds. The number of benzene rings is 2. The average molecular weight is 377 g/mol. The summed E-state index contributed by atoms with van der Waals surface area (Å²) in [7, 11) is 3.31. The number of nitrogens with one attached hydrogen (secondary N) is 2. The van der Waals surface area contributed by atoms with Crippen LogP contribution < -0.4 is 20.3 Å². The van der Waals surface area contributed by atoms with Gasteiger partial charge in [-0.3, -0.25) is 0 Å². The van der Waals surface area contributed by atoms with Crippen molar-refractivity contribution in [3.8, 4) is 5.75 Å². The number of rotatable bonds is 3. The summed E-state index contributed by atoms with van der Waals surface area (Å²) >= 11 is 0. The second kappa shape index (κ2) is 6.64. The van der Waals surface area contributed by atoms with Gasteiger partial charge in [-0.15, -0.1) is 0 Å². The minimum absolute atomic E-state index is 0.0549. The predicted octanol–water partition coefficient (Wildman–Crippen LogP) is 4.35. The Kier molecular flexibility index (Phi) is 4.42. The zero-order valence-corrected chi connectivity index (χ0v) is 15.2. The maximum Gasteiger partial charge on any atom is 0.418 e. The molecule has 0 unspecified atom stereocenters. The first-order chi connectivity index (χ1) is 12.9. The molecule has 2 aromatic rings. The second-order valence-electron chi connectivity index (χ2n) is 7.06. The van der Waals surface area contributed by atoms with Gasteiger partial charge in [-0.1, -0.05) is 12.1 Å². The van der Waals surface area contributed by atoms with Crippen molar-refractivity contribution < 1.29 is 17.9 Å². The van der Waals surface area contributed by atoms with E-state index in [0.717, 1.165) is 18.5 Å². The van der Waals surface area contributed by atoms with E-state index in [1.807, 2.05) is 23.1 Å². The van der Waals surface area contributed by atoms with Crippen LogP contribution in [0.1, 0.15) is 23.5 Å². The number of methoxy groups -OCH3 is 1. The van der Waals surface area contributed by atoms with Crippen LogP contribution in [0.25, 0.3) is 0 Å². The Hall–Kier alpha value is -2.41. The number of ether oxygens (including phenoxy) is 1. The summed E-state index contributed by atoms with van der Waals surface area (Å²) in [6, 6.07) is 10.4. The zero-order valence-electron chi connectivity index (χ0n) is 15.2. The first-order valence-electron chi connectivity index (χ1n) is 8.99. The first kappa shape index (κ1) is 18.0. The lowest BCUT2D eigenvalue weighted by molar-refractivity contribution is -0.137. The molecule has 2 aliphatic heterocycles. The summed E-state index contributed by atoms with van der Waals surface area (Å²) in [6.07, 6.45) is -3.58. The fraction of sp³-hybridized carbons (Fsp3) is 0.400. The van der Waals surface area contributed by atoms with Gasteiger partial charge in [0.15, 0.2) is 0 Å². The minimum atomic E-state index is -4.42. The lowest BCUT2D eigenvalue weighted by Gasteiger charge is -2.31. The molecule has 1 fully saturated rings. The first-order valence-corrected chi connectivity index (χ1v) is 8.99. The SMILES string of the molecule is COc1ccccc1Nc1cc2c(c(C(F)(F)F)c1)N(C)[C@H]1CCNC[C@@H]21. The summed E-state index contributed by atoms with van der Waals surface area (Å²) in [4.78, 5) is 1.82. The molecule has 1 saturated heterocycles. The van der Waals surface area contributed by atoms with Crippen molar-refractivity contribution in [2.24, 2.45) is 0 Å². The van der Waals surface area contributed by atoms with E-state index in [1.165, 1.54) is 13.2 Å². The summed E-state index contributed by atoms with van der Waals surface area (Å²) in [5.74, 6) is 0.639. The van der Waals surface area contributed by atoms with E-state index >= 15 is 0 Å². The molecule has 2 atom stereocenters. The Morgan fingerprint density at radius 2 is 2.00 bits per heavy atom. The van der Waals surface area contributed by atoms with Gasteiger partial charge in [0.25, 0.3) is 0 Å². The van der Waals surface area contributed by atoms with E-state index in [1.54, 1.807) is 19.2 Å². The van der Waals surface area contributed by atoms with Crippen molar-refractivity contribution >= 4 is 17.1 Å². The number of fused-ring (bicyclic) bond motifs is 3. The fourth-order valence-corrected chi connectivity index (χ4v) is 4.32. The highest BCUT2D eigenvalue weighted by Crippen LogP contribution is 2.50. The van der Waals surface area contributed by atoms with Gasteiger partial charge >= 0.3 is 6.18 Å². The number of para-hydroxylation sites is 2. The Morgan fingerprint density at radius 3 is 2.74 bits per heavy atom. The number of halogens is 3. The van der Waals surface area contributed by atoms with E-state index in [0.29, 0.717) is 29.4 Å². The van der Waals surface area contributed by atoms with Gasteiger partial charge in [0, 0.05) is 31.2 Å². The topological polar surface area (TPSA) is 36.5 Å². The molecule has 27 heavy (non-hydrogen) atoms. The van der Waals surface area contributed by atoms with Crippen LogP contribution in [0.5, 0.6) is 5.75 Å². The van der Waals surface area contributed by atoms with E-state index in [2.05, 4.69) is 10.6 Å². The number of hydrogen-bond donors (Lipinski definition) is 2. The third kappa shape index (κ3) is 3.10. The molecule has 0 aromatic heterocycles. The van der Waals surface area contributed by atoms with Crippen molar-refractivity contribution in [2.45, 2.75) is 24.6 Å². The van der Waals surface area contributed by atoms with Crippen LogP contribution >= 0.6 is 0 Å². The largest absolute Gasteiger partial charge is 0.495 e. The number of anilines is 3. The minimum Gasteiger partial charge on any atom is -0.495 e. The third-order valence-corrected chi connectivity index (χ3v) is 5.53. The fourth-order valence-electron chi connectivity index (χ4n) is 4.32.